The Balaban J connectivity index is 1.54. The van der Waals surface area contributed by atoms with E-state index in [1.807, 2.05) is 36.4 Å². The van der Waals surface area contributed by atoms with E-state index in [-0.39, 0.29) is 29.6 Å². The van der Waals surface area contributed by atoms with Crippen LogP contribution in [0.25, 0.3) is 0 Å². The van der Waals surface area contributed by atoms with Gasteiger partial charge in [-0.25, -0.2) is 9.78 Å². The van der Waals surface area contributed by atoms with Crippen LogP contribution in [0.15, 0.2) is 63.3 Å². The first kappa shape index (κ1) is 21.9. The Hall–Kier alpha value is -3.33. The van der Waals surface area contributed by atoms with E-state index >= 15 is 0 Å². The van der Waals surface area contributed by atoms with Crippen LogP contribution in [-0.2, 0) is 31.4 Å². The summed E-state index contributed by atoms with van der Waals surface area (Å²) in [4.78, 5) is 42.9. The van der Waals surface area contributed by atoms with Crippen molar-refractivity contribution in [2.75, 3.05) is 12.9 Å². The van der Waals surface area contributed by atoms with Gasteiger partial charge in [0.25, 0.3) is 5.56 Å². The summed E-state index contributed by atoms with van der Waals surface area (Å²) >= 11 is 1.38. The summed E-state index contributed by atoms with van der Waals surface area (Å²) in [5.74, 6) is 0.515. The van der Waals surface area contributed by atoms with Crippen molar-refractivity contribution in [1.82, 2.24) is 19.4 Å². The molecule has 3 aromatic rings. The van der Waals surface area contributed by atoms with Crippen molar-refractivity contribution < 1.29 is 9.53 Å². The maximum Gasteiger partial charge on any atom is 0.331 e. The predicted molar refractivity (Wildman–Crippen MR) is 122 cm³/mol. The lowest BCUT2D eigenvalue weighted by atomic mass is 10.0. The average Bonchev–Trinajstić information content (AvgIpc) is 2.84. The minimum atomic E-state index is -0.355. The number of thioether (sulfide) groups is 1. The molecule has 1 aromatic carbocycles. The first-order valence-electron chi connectivity index (χ1n) is 10.2. The van der Waals surface area contributed by atoms with Crippen LogP contribution in [0.4, 0.5) is 0 Å². The second-order valence-corrected chi connectivity index (χ2v) is 8.65. The summed E-state index contributed by atoms with van der Waals surface area (Å²) < 4.78 is 7.88. The molecule has 0 saturated heterocycles. The van der Waals surface area contributed by atoms with E-state index < -0.39 is 0 Å². The Labute approximate surface area is 189 Å². The van der Waals surface area contributed by atoms with Gasteiger partial charge in [0.1, 0.15) is 0 Å². The summed E-state index contributed by atoms with van der Waals surface area (Å²) in [7, 11) is 3.21. The fraction of sp³-hybridized carbons (Fsp3) is 0.304. The largest absolute Gasteiger partial charge is 0.481 e. The number of pyridine rings is 1. The van der Waals surface area contributed by atoms with Crippen molar-refractivity contribution in [2.45, 2.75) is 24.5 Å². The number of nitrogens with zero attached hydrogens (tertiary/aromatic N) is 3. The van der Waals surface area contributed by atoms with E-state index in [1.54, 1.807) is 26.4 Å². The lowest BCUT2D eigenvalue weighted by Gasteiger charge is -2.25. The van der Waals surface area contributed by atoms with Crippen LogP contribution in [0.1, 0.15) is 16.7 Å². The molecular weight excluding hydrogens is 428 g/mol. The van der Waals surface area contributed by atoms with Crippen molar-refractivity contribution >= 4 is 17.7 Å². The highest BCUT2D eigenvalue weighted by molar-refractivity contribution is 7.99. The van der Waals surface area contributed by atoms with Gasteiger partial charge in [-0.1, -0.05) is 30.3 Å². The number of ether oxygens (including phenoxy) is 1. The molecule has 4 rings (SSSR count). The van der Waals surface area contributed by atoms with E-state index in [0.717, 1.165) is 11.1 Å². The third-order valence-electron chi connectivity index (χ3n) is 5.49. The van der Waals surface area contributed by atoms with E-state index in [2.05, 4.69) is 10.3 Å². The lowest BCUT2D eigenvalue weighted by Crippen LogP contribution is -2.45. The highest BCUT2D eigenvalue weighted by Gasteiger charge is 2.30. The minimum Gasteiger partial charge on any atom is -0.481 e. The maximum absolute atomic E-state index is 13.2. The van der Waals surface area contributed by atoms with Crippen molar-refractivity contribution in [3.05, 3.63) is 86.2 Å². The fourth-order valence-electron chi connectivity index (χ4n) is 3.73. The molecule has 9 heteroatoms. The molecule has 0 spiro atoms. The van der Waals surface area contributed by atoms with Crippen LogP contribution in [-0.4, -0.2) is 32.9 Å². The third kappa shape index (κ3) is 4.47. The second-order valence-electron chi connectivity index (χ2n) is 7.64. The molecule has 0 saturated carbocycles. The molecule has 1 atom stereocenters. The Kier molecular flexibility index (Phi) is 6.45. The lowest BCUT2D eigenvalue weighted by molar-refractivity contribution is -0.124. The molecule has 1 aliphatic rings. The number of benzene rings is 1. The summed E-state index contributed by atoms with van der Waals surface area (Å²) in [5, 5.41) is 3.58. The van der Waals surface area contributed by atoms with E-state index in [4.69, 9.17) is 4.74 Å². The fourth-order valence-corrected chi connectivity index (χ4v) is 4.98. The van der Waals surface area contributed by atoms with Crippen LogP contribution in [0.3, 0.4) is 0 Å². The van der Waals surface area contributed by atoms with Gasteiger partial charge in [0.15, 0.2) is 0 Å². The Morgan fingerprint density at radius 3 is 2.75 bits per heavy atom. The summed E-state index contributed by atoms with van der Waals surface area (Å²) in [6, 6.07) is 13.0. The summed E-state index contributed by atoms with van der Waals surface area (Å²) in [5.41, 5.74) is 1.60. The van der Waals surface area contributed by atoms with E-state index in [1.165, 1.54) is 20.9 Å². The minimum absolute atomic E-state index is 0.123. The van der Waals surface area contributed by atoms with Gasteiger partial charge in [-0.3, -0.25) is 18.7 Å². The highest BCUT2D eigenvalue weighted by atomic mass is 32.2. The number of carbonyl (C=O) groups is 1. The molecule has 166 valence electrons. The van der Waals surface area contributed by atoms with Crippen LogP contribution in [0.2, 0.25) is 0 Å². The zero-order valence-corrected chi connectivity index (χ0v) is 18.7. The van der Waals surface area contributed by atoms with Gasteiger partial charge in [-0.2, -0.15) is 0 Å². The molecule has 0 radical (unpaired) electrons. The quantitative estimate of drug-likeness (QED) is 0.571. The van der Waals surface area contributed by atoms with Gasteiger partial charge >= 0.3 is 5.69 Å². The second kappa shape index (κ2) is 9.44. The standard InChI is InChI=1S/C23H24N4O4S/c1-26-22-18(21(29)27(23(26)30)13-15-6-4-3-5-7-15)11-17(14-32-22)20(28)25-12-16-8-9-24-19(10-16)31-2/h3-10,17H,11-14H2,1-2H3,(H,25,28). The first-order valence-corrected chi connectivity index (χ1v) is 11.2. The third-order valence-corrected chi connectivity index (χ3v) is 6.85. The first-order chi connectivity index (χ1) is 15.5. The van der Waals surface area contributed by atoms with Gasteiger partial charge in [0, 0.05) is 37.2 Å². The molecule has 2 aromatic heterocycles. The zero-order valence-electron chi connectivity index (χ0n) is 17.9. The molecule has 32 heavy (non-hydrogen) atoms. The zero-order chi connectivity index (χ0) is 22.7. The molecule has 1 unspecified atom stereocenters. The van der Waals surface area contributed by atoms with Crippen LogP contribution >= 0.6 is 11.8 Å². The number of methoxy groups -OCH3 is 1. The smallest absolute Gasteiger partial charge is 0.331 e. The van der Waals surface area contributed by atoms with Crippen molar-refractivity contribution in [3.63, 3.8) is 0 Å². The number of amides is 1. The maximum atomic E-state index is 13.2. The van der Waals surface area contributed by atoms with Crippen LogP contribution in [0, 0.1) is 5.92 Å². The number of carbonyl (C=O) groups excluding carboxylic acids is 1. The molecule has 3 heterocycles. The number of rotatable bonds is 6. The molecule has 0 bridgehead atoms. The SMILES string of the molecule is COc1cc(CNC(=O)C2CSc3c(c(=O)n(Cc4ccccc4)c(=O)n3C)C2)ccn1. The summed E-state index contributed by atoms with van der Waals surface area (Å²) in [6.07, 6.45) is 1.93. The van der Waals surface area contributed by atoms with Crippen molar-refractivity contribution in [2.24, 2.45) is 13.0 Å². The van der Waals surface area contributed by atoms with Crippen LogP contribution in [0.5, 0.6) is 5.88 Å². The van der Waals surface area contributed by atoms with E-state index in [9.17, 15) is 14.4 Å². The molecule has 0 fully saturated rings. The van der Waals surface area contributed by atoms with Crippen LogP contribution < -0.4 is 21.3 Å². The van der Waals surface area contributed by atoms with Gasteiger partial charge in [-0.05, 0) is 23.6 Å². The number of hydrogen-bond acceptors (Lipinski definition) is 6. The normalized spacial score (nSPS) is 15.1. The van der Waals surface area contributed by atoms with Gasteiger partial charge in [0.05, 0.1) is 24.6 Å². The monoisotopic (exact) mass is 452 g/mol. The molecule has 1 N–H and O–H groups in total. The van der Waals surface area contributed by atoms with Crippen molar-refractivity contribution in [1.29, 1.82) is 0 Å². The number of nitrogens with one attached hydrogen (secondary N) is 1. The molecule has 1 aliphatic heterocycles. The Morgan fingerprint density at radius 2 is 2.00 bits per heavy atom. The highest BCUT2D eigenvalue weighted by Crippen LogP contribution is 2.30. The van der Waals surface area contributed by atoms with Crippen molar-refractivity contribution in [3.8, 4) is 5.88 Å². The van der Waals surface area contributed by atoms with Gasteiger partial charge in [0.2, 0.25) is 11.8 Å². The molecule has 8 nitrogen and oxygen atoms in total. The topological polar surface area (TPSA) is 95.2 Å². The van der Waals surface area contributed by atoms with E-state index in [0.29, 0.717) is 35.2 Å². The number of hydrogen-bond donors (Lipinski definition) is 1. The Morgan fingerprint density at radius 1 is 1.22 bits per heavy atom. The molecule has 0 aliphatic carbocycles. The van der Waals surface area contributed by atoms with Gasteiger partial charge in [-0.15, -0.1) is 11.8 Å². The van der Waals surface area contributed by atoms with Gasteiger partial charge < -0.3 is 10.1 Å². The number of aromatic nitrogens is 3. The Bertz CT molecular complexity index is 1250. The number of fused-ring (bicyclic) bond motifs is 1. The summed E-state index contributed by atoms with van der Waals surface area (Å²) in [6.45, 7) is 0.544. The predicted octanol–water partition coefficient (Wildman–Crippen LogP) is 1.58. The molecule has 1 amide bonds. The average molecular weight is 453 g/mol. The molecular formula is C23H24N4O4S.